The van der Waals surface area contributed by atoms with Crippen LogP contribution in [0.3, 0.4) is 0 Å². The molecule has 1 aliphatic carbocycles. The van der Waals surface area contributed by atoms with E-state index < -0.39 is 0 Å². The second-order valence-corrected chi connectivity index (χ2v) is 6.13. The Balaban J connectivity index is 1.90. The van der Waals surface area contributed by atoms with Gasteiger partial charge in [0.05, 0.1) is 7.11 Å². The van der Waals surface area contributed by atoms with Crippen LogP contribution in [0.5, 0.6) is 0 Å². The second kappa shape index (κ2) is 6.40. The first-order valence-corrected chi connectivity index (χ1v) is 7.42. The van der Waals surface area contributed by atoms with Crippen LogP contribution in [0.2, 0.25) is 0 Å². The average Bonchev–Trinajstić information content (AvgIpc) is 2.37. The molecule has 110 valence electrons. The van der Waals surface area contributed by atoms with Crippen molar-refractivity contribution >= 4 is 5.97 Å². The number of rotatable bonds is 5. The molecule has 20 heavy (non-hydrogen) atoms. The van der Waals surface area contributed by atoms with Crippen LogP contribution < -0.4 is 5.32 Å². The summed E-state index contributed by atoms with van der Waals surface area (Å²) >= 11 is 0. The molecular weight excluding hydrogens is 250 g/mol. The number of carbonyl (C=O) groups excluding carboxylic acids is 1. The summed E-state index contributed by atoms with van der Waals surface area (Å²) in [7, 11) is 1.45. The lowest BCUT2D eigenvalue weighted by Gasteiger charge is -2.39. The van der Waals surface area contributed by atoms with Gasteiger partial charge in [0.1, 0.15) is 6.04 Å². The number of hydrogen-bond donors (Lipinski definition) is 1. The van der Waals surface area contributed by atoms with Gasteiger partial charge < -0.3 is 10.1 Å². The van der Waals surface area contributed by atoms with Gasteiger partial charge in [0.15, 0.2) is 0 Å². The second-order valence-electron chi connectivity index (χ2n) is 6.13. The van der Waals surface area contributed by atoms with Crippen molar-refractivity contribution < 1.29 is 9.53 Å². The van der Waals surface area contributed by atoms with E-state index in [2.05, 4.69) is 36.5 Å². The van der Waals surface area contributed by atoms with E-state index in [1.807, 2.05) is 13.8 Å². The van der Waals surface area contributed by atoms with Gasteiger partial charge in [0.25, 0.3) is 0 Å². The highest BCUT2D eigenvalue weighted by atomic mass is 16.5. The van der Waals surface area contributed by atoms with Crippen LogP contribution in [0.4, 0.5) is 0 Å². The Hall–Kier alpha value is -1.35. The maximum Gasteiger partial charge on any atom is 0.323 e. The van der Waals surface area contributed by atoms with Crippen molar-refractivity contribution in [1.82, 2.24) is 5.32 Å². The minimum atomic E-state index is -0.192. The topological polar surface area (TPSA) is 38.3 Å². The predicted octanol–water partition coefficient (Wildman–Crippen LogP) is 3.03. The minimum Gasteiger partial charge on any atom is -0.468 e. The quantitative estimate of drug-likeness (QED) is 0.839. The summed E-state index contributed by atoms with van der Waals surface area (Å²) in [6.45, 7) is 6.26. The van der Waals surface area contributed by atoms with Crippen LogP contribution in [-0.2, 0) is 9.53 Å². The number of nitrogens with one attached hydrogen (secondary N) is 1. The maximum atomic E-state index is 11.7. The monoisotopic (exact) mass is 275 g/mol. The SMILES string of the molecule is COC(=O)C(NC1CC(c2ccccc2C)C1)C(C)C. The van der Waals surface area contributed by atoms with Gasteiger partial charge in [-0.25, -0.2) is 0 Å². The lowest BCUT2D eigenvalue weighted by molar-refractivity contribution is -0.144. The third-order valence-electron chi connectivity index (χ3n) is 4.30. The molecule has 2 rings (SSSR count). The Morgan fingerprint density at radius 1 is 1.30 bits per heavy atom. The van der Waals surface area contributed by atoms with Gasteiger partial charge >= 0.3 is 5.97 Å². The van der Waals surface area contributed by atoms with Crippen LogP contribution in [0.15, 0.2) is 24.3 Å². The highest BCUT2D eigenvalue weighted by Crippen LogP contribution is 2.38. The summed E-state index contributed by atoms with van der Waals surface area (Å²) in [5.74, 6) is 0.721. The van der Waals surface area contributed by atoms with Crippen molar-refractivity contribution in [1.29, 1.82) is 0 Å². The Morgan fingerprint density at radius 2 is 1.95 bits per heavy atom. The molecule has 1 aliphatic rings. The number of hydrogen-bond acceptors (Lipinski definition) is 3. The molecule has 0 heterocycles. The largest absolute Gasteiger partial charge is 0.468 e. The van der Waals surface area contributed by atoms with Crippen LogP contribution in [-0.4, -0.2) is 25.2 Å². The molecule has 1 N–H and O–H groups in total. The Bertz CT molecular complexity index is 464. The van der Waals surface area contributed by atoms with E-state index in [1.54, 1.807) is 0 Å². The van der Waals surface area contributed by atoms with Crippen LogP contribution in [0.25, 0.3) is 0 Å². The summed E-state index contributed by atoms with van der Waals surface area (Å²) in [6.07, 6.45) is 2.20. The summed E-state index contributed by atoms with van der Waals surface area (Å²) < 4.78 is 4.87. The number of benzene rings is 1. The molecule has 1 aromatic rings. The van der Waals surface area contributed by atoms with Gasteiger partial charge in [-0.15, -0.1) is 0 Å². The highest BCUT2D eigenvalue weighted by Gasteiger charge is 2.35. The van der Waals surface area contributed by atoms with E-state index in [9.17, 15) is 4.79 Å². The van der Waals surface area contributed by atoms with Crippen molar-refractivity contribution in [2.45, 2.75) is 51.6 Å². The molecule has 3 nitrogen and oxygen atoms in total. The lowest BCUT2D eigenvalue weighted by atomic mass is 9.74. The summed E-state index contributed by atoms with van der Waals surface area (Å²) in [6, 6.07) is 8.81. The van der Waals surface area contributed by atoms with Gasteiger partial charge in [-0.3, -0.25) is 4.79 Å². The average molecular weight is 275 g/mol. The molecule has 1 fully saturated rings. The van der Waals surface area contributed by atoms with Crippen LogP contribution in [0.1, 0.15) is 43.7 Å². The Kier molecular flexibility index (Phi) is 4.81. The molecule has 1 atom stereocenters. The molecule has 0 saturated heterocycles. The first-order chi connectivity index (χ1) is 9.52. The third-order valence-corrected chi connectivity index (χ3v) is 4.30. The minimum absolute atomic E-state index is 0.153. The number of ether oxygens (including phenoxy) is 1. The van der Waals surface area contributed by atoms with Crippen molar-refractivity contribution in [3.63, 3.8) is 0 Å². The smallest absolute Gasteiger partial charge is 0.323 e. The highest BCUT2D eigenvalue weighted by molar-refractivity contribution is 5.76. The van der Waals surface area contributed by atoms with Crippen molar-refractivity contribution in [3.05, 3.63) is 35.4 Å². The molecule has 0 aliphatic heterocycles. The predicted molar refractivity (Wildman–Crippen MR) is 80.7 cm³/mol. The van der Waals surface area contributed by atoms with Gasteiger partial charge in [-0.05, 0) is 42.7 Å². The first kappa shape index (κ1) is 15.0. The van der Waals surface area contributed by atoms with Crippen molar-refractivity contribution in [2.75, 3.05) is 7.11 Å². The first-order valence-electron chi connectivity index (χ1n) is 7.42. The van der Waals surface area contributed by atoms with Gasteiger partial charge in [-0.1, -0.05) is 38.1 Å². The number of carbonyl (C=O) groups is 1. The van der Waals surface area contributed by atoms with Gasteiger partial charge in [-0.2, -0.15) is 0 Å². The maximum absolute atomic E-state index is 11.7. The van der Waals surface area contributed by atoms with E-state index in [1.165, 1.54) is 18.2 Å². The summed E-state index contributed by atoms with van der Waals surface area (Å²) in [5, 5.41) is 3.45. The van der Waals surface area contributed by atoms with Crippen molar-refractivity contribution in [3.8, 4) is 0 Å². The zero-order valence-electron chi connectivity index (χ0n) is 12.8. The van der Waals surface area contributed by atoms with E-state index in [0.29, 0.717) is 12.0 Å². The molecule has 3 heteroatoms. The van der Waals surface area contributed by atoms with Gasteiger partial charge in [0.2, 0.25) is 0 Å². The zero-order chi connectivity index (χ0) is 14.7. The molecule has 0 aromatic heterocycles. The van der Waals surface area contributed by atoms with E-state index in [4.69, 9.17) is 4.74 Å². The van der Waals surface area contributed by atoms with E-state index in [0.717, 1.165) is 12.8 Å². The fourth-order valence-corrected chi connectivity index (χ4v) is 2.97. The van der Waals surface area contributed by atoms with Crippen LogP contribution in [0, 0.1) is 12.8 Å². The lowest BCUT2D eigenvalue weighted by Crippen LogP contribution is -2.51. The Labute approximate surface area is 121 Å². The van der Waals surface area contributed by atoms with Crippen molar-refractivity contribution in [2.24, 2.45) is 5.92 Å². The molecule has 0 bridgehead atoms. The summed E-state index contributed by atoms with van der Waals surface area (Å²) in [4.78, 5) is 11.7. The van der Waals surface area contributed by atoms with Crippen LogP contribution >= 0.6 is 0 Å². The third kappa shape index (κ3) is 3.21. The number of aryl methyl sites for hydroxylation is 1. The van der Waals surface area contributed by atoms with Gasteiger partial charge in [0, 0.05) is 6.04 Å². The zero-order valence-corrected chi connectivity index (χ0v) is 12.8. The number of methoxy groups -OCH3 is 1. The molecule has 1 aromatic carbocycles. The normalized spacial score (nSPS) is 23.2. The summed E-state index contributed by atoms with van der Waals surface area (Å²) in [5.41, 5.74) is 2.81. The molecular formula is C17H25NO2. The fraction of sp³-hybridized carbons (Fsp3) is 0.588. The van der Waals surface area contributed by atoms with E-state index >= 15 is 0 Å². The molecule has 1 unspecified atom stereocenters. The molecule has 0 radical (unpaired) electrons. The molecule has 0 spiro atoms. The Morgan fingerprint density at radius 3 is 2.50 bits per heavy atom. The fourth-order valence-electron chi connectivity index (χ4n) is 2.97. The standard InChI is InChI=1S/C17H25NO2/c1-11(2)16(17(19)20-4)18-14-9-13(10-14)15-8-6-5-7-12(15)3/h5-8,11,13-14,16,18H,9-10H2,1-4H3. The number of esters is 1. The van der Waals surface area contributed by atoms with E-state index in [-0.39, 0.29) is 17.9 Å². The molecule has 0 amide bonds. The molecule has 1 saturated carbocycles.